The molecule has 126 valence electrons. The number of hydrogen-bond donors (Lipinski definition) is 1. The Morgan fingerprint density at radius 1 is 1.21 bits per heavy atom. The van der Waals surface area contributed by atoms with Crippen LogP contribution in [0.2, 0.25) is 0 Å². The van der Waals surface area contributed by atoms with E-state index >= 15 is 0 Å². The van der Waals surface area contributed by atoms with E-state index in [0.717, 1.165) is 33.5 Å². The van der Waals surface area contributed by atoms with Crippen LogP contribution in [-0.2, 0) is 9.84 Å². The van der Waals surface area contributed by atoms with E-state index in [-0.39, 0.29) is 23.5 Å². The smallest absolute Gasteiger partial charge is 0.263 e. The summed E-state index contributed by atoms with van der Waals surface area (Å²) in [6.07, 6.45) is 0.685. The molecular formula is C18H21N2O3S+. The van der Waals surface area contributed by atoms with Gasteiger partial charge in [-0.2, -0.15) is 0 Å². The van der Waals surface area contributed by atoms with Gasteiger partial charge in [0, 0.05) is 11.8 Å². The Labute approximate surface area is 141 Å². The molecule has 4 rings (SSSR count). The third kappa shape index (κ3) is 2.41. The van der Waals surface area contributed by atoms with Crippen LogP contribution in [0.25, 0.3) is 10.8 Å². The van der Waals surface area contributed by atoms with Crippen molar-refractivity contribution in [3.05, 3.63) is 42.0 Å². The van der Waals surface area contributed by atoms with Gasteiger partial charge >= 0.3 is 0 Å². The highest BCUT2D eigenvalue weighted by Crippen LogP contribution is 2.36. The number of quaternary nitrogens is 1. The Morgan fingerprint density at radius 2 is 1.96 bits per heavy atom. The van der Waals surface area contributed by atoms with Gasteiger partial charge in [0.1, 0.15) is 11.8 Å². The molecule has 0 bridgehead atoms. The fourth-order valence-corrected chi connectivity index (χ4v) is 5.81. The summed E-state index contributed by atoms with van der Waals surface area (Å²) in [6, 6.07) is 11.9. The number of sulfone groups is 1. The zero-order chi connectivity index (χ0) is 16.9. The quantitative estimate of drug-likeness (QED) is 0.894. The number of benzene rings is 2. The first kappa shape index (κ1) is 15.6. The Bertz CT molecular complexity index is 918. The molecule has 5 nitrogen and oxygen atoms in total. The topological polar surface area (TPSA) is 58.9 Å². The summed E-state index contributed by atoms with van der Waals surface area (Å²) in [5, 5.41) is 2.09. The SMILES string of the molecule is CC[NH+](CN1C(=O)c2cccc3cccc1c23)[C@H]1CCS(=O)(=O)C1. The van der Waals surface area contributed by atoms with Gasteiger partial charge in [0.25, 0.3) is 5.91 Å². The van der Waals surface area contributed by atoms with E-state index in [1.165, 1.54) is 0 Å². The lowest BCUT2D eigenvalue weighted by molar-refractivity contribution is -0.919. The summed E-state index contributed by atoms with van der Waals surface area (Å²) in [4.78, 5) is 15.8. The monoisotopic (exact) mass is 345 g/mol. The summed E-state index contributed by atoms with van der Waals surface area (Å²) in [5.41, 5.74) is 1.69. The molecule has 2 aromatic rings. The predicted octanol–water partition coefficient (Wildman–Crippen LogP) is 0.849. The first-order chi connectivity index (χ1) is 11.5. The van der Waals surface area contributed by atoms with Gasteiger partial charge in [0.15, 0.2) is 16.5 Å². The third-order valence-corrected chi connectivity index (χ3v) is 7.04. The maximum absolute atomic E-state index is 12.9. The standard InChI is InChI=1S/C18H20N2O3S/c1-2-19(14-9-10-24(22,23)11-14)12-20-16-8-4-6-13-5-3-7-15(17(13)16)18(20)21/h3-8,14H,2,9-12H2,1H3/p+1/t14-/m0/s1. The number of amides is 1. The second-order valence-electron chi connectivity index (χ2n) is 6.68. The summed E-state index contributed by atoms with van der Waals surface area (Å²) >= 11 is 0. The van der Waals surface area contributed by atoms with Crippen LogP contribution in [0, 0.1) is 0 Å². The lowest BCUT2D eigenvalue weighted by atomic mass is 10.1. The predicted molar refractivity (Wildman–Crippen MR) is 94.2 cm³/mol. The minimum atomic E-state index is -2.92. The maximum Gasteiger partial charge on any atom is 0.263 e. The van der Waals surface area contributed by atoms with Crippen molar-refractivity contribution in [1.82, 2.24) is 0 Å². The van der Waals surface area contributed by atoms with Crippen molar-refractivity contribution < 1.29 is 18.1 Å². The molecule has 2 atom stereocenters. The fourth-order valence-electron chi connectivity index (χ4n) is 3.99. The van der Waals surface area contributed by atoms with Gasteiger partial charge in [-0.1, -0.05) is 24.3 Å². The number of nitrogens with zero attached hydrogens (tertiary/aromatic N) is 1. The van der Waals surface area contributed by atoms with Crippen molar-refractivity contribution in [3.8, 4) is 0 Å². The molecule has 2 heterocycles. The van der Waals surface area contributed by atoms with E-state index in [0.29, 0.717) is 13.1 Å². The van der Waals surface area contributed by atoms with Crippen molar-refractivity contribution in [2.75, 3.05) is 29.6 Å². The summed E-state index contributed by atoms with van der Waals surface area (Å²) in [5.74, 6) is 0.522. The second kappa shape index (κ2) is 5.57. The van der Waals surface area contributed by atoms with Crippen molar-refractivity contribution >= 4 is 32.2 Å². The Morgan fingerprint density at radius 3 is 2.62 bits per heavy atom. The van der Waals surface area contributed by atoms with Gasteiger partial charge in [-0.25, -0.2) is 8.42 Å². The molecule has 2 aliphatic rings. The number of carbonyl (C=O) groups is 1. The molecule has 24 heavy (non-hydrogen) atoms. The number of rotatable bonds is 4. The average molecular weight is 345 g/mol. The molecule has 2 aliphatic heterocycles. The number of nitrogens with one attached hydrogen (secondary N) is 1. The zero-order valence-corrected chi connectivity index (χ0v) is 14.5. The molecule has 1 unspecified atom stereocenters. The summed E-state index contributed by atoms with van der Waals surface area (Å²) < 4.78 is 23.6. The number of carbonyl (C=O) groups excluding carboxylic acids is 1. The molecule has 0 saturated carbocycles. The lowest BCUT2D eigenvalue weighted by Gasteiger charge is -2.28. The van der Waals surface area contributed by atoms with E-state index in [2.05, 4.69) is 6.92 Å². The van der Waals surface area contributed by atoms with Crippen LogP contribution >= 0.6 is 0 Å². The van der Waals surface area contributed by atoms with Crippen molar-refractivity contribution in [2.45, 2.75) is 19.4 Å². The van der Waals surface area contributed by atoms with Crippen LogP contribution < -0.4 is 9.80 Å². The minimum absolute atomic E-state index is 0.0219. The Balaban J connectivity index is 1.66. The molecule has 6 heteroatoms. The van der Waals surface area contributed by atoms with E-state index in [1.807, 2.05) is 41.3 Å². The van der Waals surface area contributed by atoms with Gasteiger partial charge in [-0.15, -0.1) is 0 Å². The van der Waals surface area contributed by atoms with Gasteiger partial charge < -0.3 is 4.90 Å². The highest BCUT2D eigenvalue weighted by molar-refractivity contribution is 7.91. The maximum atomic E-state index is 12.9. The molecule has 1 amide bonds. The van der Waals surface area contributed by atoms with Gasteiger partial charge in [-0.05, 0) is 24.4 Å². The first-order valence-corrected chi connectivity index (χ1v) is 10.2. The van der Waals surface area contributed by atoms with E-state index in [1.54, 1.807) is 0 Å². The fraction of sp³-hybridized carbons (Fsp3) is 0.389. The lowest BCUT2D eigenvalue weighted by Crippen LogP contribution is -3.17. The third-order valence-electron chi connectivity index (χ3n) is 5.27. The van der Waals surface area contributed by atoms with E-state index in [9.17, 15) is 13.2 Å². The Hall–Kier alpha value is -1.92. The van der Waals surface area contributed by atoms with Gasteiger partial charge in [0.2, 0.25) is 0 Å². The van der Waals surface area contributed by atoms with Gasteiger partial charge in [0.05, 0.1) is 23.5 Å². The zero-order valence-electron chi connectivity index (χ0n) is 13.7. The Kier molecular flexibility index (Phi) is 3.62. The molecule has 1 fully saturated rings. The molecule has 0 aliphatic carbocycles. The molecule has 1 saturated heterocycles. The molecule has 0 spiro atoms. The van der Waals surface area contributed by atoms with Crippen LogP contribution in [0.15, 0.2) is 36.4 Å². The van der Waals surface area contributed by atoms with E-state index < -0.39 is 9.84 Å². The van der Waals surface area contributed by atoms with Crippen molar-refractivity contribution in [3.63, 3.8) is 0 Å². The molecular weight excluding hydrogens is 324 g/mol. The number of hydrogen-bond acceptors (Lipinski definition) is 3. The second-order valence-corrected chi connectivity index (χ2v) is 8.91. The molecule has 2 aromatic carbocycles. The largest absolute Gasteiger partial charge is 0.314 e. The average Bonchev–Trinajstić information content (AvgIpc) is 3.06. The van der Waals surface area contributed by atoms with Crippen LogP contribution in [0.3, 0.4) is 0 Å². The van der Waals surface area contributed by atoms with Crippen LogP contribution in [-0.4, -0.2) is 45.1 Å². The first-order valence-electron chi connectivity index (χ1n) is 8.39. The highest BCUT2D eigenvalue weighted by Gasteiger charge is 2.38. The minimum Gasteiger partial charge on any atom is -0.314 e. The van der Waals surface area contributed by atoms with Gasteiger partial charge in [-0.3, -0.25) is 9.69 Å². The molecule has 0 aromatic heterocycles. The highest BCUT2D eigenvalue weighted by atomic mass is 32.2. The molecule has 1 N–H and O–H groups in total. The van der Waals surface area contributed by atoms with Crippen molar-refractivity contribution in [1.29, 1.82) is 0 Å². The van der Waals surface area contributed by atoms with Crippen LogP contribution in [0.4, 0.5) is 5.69 Å². The number of anilines is 1. The summed E-state index contributed by atoms with van der Waals surface area (Å²) in [6.45, 7) is 3.37. The van der Waals surface area contributed by atoms with Crippen LogP contribution in [0.5, 0.6) is 0 Å². The van der Waals surface area contributed by atoms with Crippen molar-refractivity contribution in [2.24, 2.45) is 0 Å². The van der Waals surface area contributed by atoms with E-state index in [4.69, 9.17) is 0 Å². The summed E-state index contributed by atoms with van der Waals surface area (Å²) in [7, 11) is -2.92. The molecule has 0 radical (unpaired) electrons. The normalized spacial score (nSPS) is 23.1. The van der Waals surface area contributed by atoms with Crippen LogP contribution in [0.1, 0.15) is 23.7 Å².